The molecule has 1 fully saturated rings. The van der Waals surface area contributed by atoms with Gasteiger partial charge >= 0.3 is 12.4 Å². The van der Waals surface area contributed by atoms with Crippen molar-refractivity contribution in [1.29, 1.82) is 5.26 Å². The predicted molar refractivity (Wildman–Crippen MR) is 133 cm³/mol. The van der Waals surface area contributed by atoms with E-state index in [1.54, 1.807) is 6.07 Å². The fraction of sp³-hybridized carbons (Fsp3) is 0.400. The largest absolute Gasteiger partial charge is 0.449 e. The van der Waals surface area contributed by atoms with Crippen molar-refractivity contribution in [2.24, 2.45) is 0 Å². The van der Waals surface area contributed by atoms with Crippen molar-refractivity contribution in [3.8, 4) is 6.07 Å². The van der Waals surface area contributed by atoms with Gasteiger partial charge in [-0.2, -0.15) is 31.6 Å². The number of imidazole rings is 1. The Morgan fingerprint density at radius 2 is 1.79 bits per heavy atom. The number of benzene rings is 2. The Bertz CT molecular complexity index is 1640. The Morgan fingerprint density at radius 1 is 1.12 bits per heavy atom. The fourth-order valence-electron chi connectivity index (χ4n) is 4.36. The fourth-order valence-corrected chi connectivity index (χ4v) is 5.80. The van der Waals surface area contributed by atoms with Crippen LogP contribution in [0.5, 0.6) is 0 Å². The minimum absolute atomic E-state index is 0.0638. The number of carbonyl (C=O) groups excluding carboxylic acids is 1. The lowest BCUT2D eigenvalue weighted by Gasteiger charge is -2.34. The number of hydrogen-bond acceptors (Lipinski definition) is 6. The number of anilines is 1. The molecule has 3 aromatic rings. The lowest BCUT2D eigenvalue weighted by molar-refractivity contribution is -0.146. The van der Waals surface area contributed by atoms with E-state index < -0.39 is 87.4 Å². The molecule has 0 spiro atoms. The van der Waals surface area contributed by atoms with Gasteiger partial charge in [-0.3, -0.25) is 4.79 Å². The molecule has 1 heterocycles. The van der Waals surface area contributed by atoms with Crippen molar-refractivity contribution in [2.75, 3.05) is 23.0 Å². The van der Waals surface area contributed by atoms with E-state index in [0.29, 0.717) is 16.7 Å². The molecule has 2 aromatic carbocycles. The number of sulfone groups is 1. The van der Waals surface area contributed by atoms with Gasteiger partial charge in [0, 0.05) is 12.6 Å². The van der Waals surface area contributed by atoms with Crippen molar-refractivity contribution in [3.63, 3.8) is 0 Å². The van der Waals surface area contributed by atoms with Gasteiger partial charge in [-0.15, -0.1) is 0 Å². The van der Waals surface area contributed by atoms with Crippen LogP contribution >= 0.6 is 0 Å². The highest BCUT2D eigenvalue weighted by Gasteiger charge is 2.48. The summed E-state index contributed by atoms with van der Waals surface area (Å²) in [6.45, 7) is -2.88. The maximum absolute atomic E-state index is 14.7. The molecule has 226 valence electrons. The van der Waals surface area contributed by atoms with Crippen LogP contribution in [0.25, 0.3) is 11.0 Å². The van der Waals surface area contributed by atoms with Crippen LogP contribution < -0.4 is 10.2 Å². The van der Waals surface area contributed by atoms with Gasteiger partial charge in [-0.1, -0.05) is 12.1 Å². The van der Waals surface area contributed by atoms with E-state index in [1.165, 1.54) is 24.3 Å². The highest BCUT2D eigenvalue weighted by molar-refractivity contribution is 7.91. The molecule has 4 rings (SSSR count). The van der Waals surface area contributed by atoms with Crippen molar-refractivity contribution >= 4 is 32.5 Å². The Morgan fingerprint density at radius 3 is 2.36 bits per heavy atom. The van der Waals surface area contributed by atoms with E-state index in [4.69, 9.17) is 0 Å². The summed E-state index contributed by atoms with van der Waals surface area (Å²) in [6, 6.07) is 6.24. The summed E-state index contributed by atoms with van der Waals surface area (Å²) in [6.07, 6.45) is -9.86. The maximum Gasteiger partial charge on any atom is 0.449 e. The Hall–Kier alpha value is -3.94. The molecule has 0 unspecified atom stereocenters. The topological polar surface area (TPSA) is 108 Å². The molecule has 1 aliphatic rings. The molecule has 1 aromatic heterocycles. The molecule has 0 bridgehead atoms. The van der Waals surface area contributed by atoms with E-state index in [2.05, 4.69) is 10.3 Å². The molecule has 8 nitrogen and oxygen atoms in total. The number of hydrogen-bond donors (Lipinski definition) is 1. The molecule has 0 radical (unpaired) electrons. The summed E-state index contributed by atoms with van der Waals surface area (Å²) >= 11 is 0. The van der Waals surface area contributed by atoms with Crippen LogP contribution in [0, 0.1) is 23.0 Å². The Labute approximate surface area is 233 Å². The quantitative estimate of drug-likeness (QED) is 0.337. The molecule has 0 aliphatic heterocycles. The molecule has 42 heavy (non-hydrogen) atoms. The van der Waals surface area contributed by atoms with Gasteiger partial charge in [-0.25, -0.2) is 22.2 Å². The lowest BCUT2D eigenvalue weighted by atomic mass is 10.1. The lowest BCUT2D eigenvalue weighted by Crippen LogP contribution is -2.56. The van der Waals surface area contributed by atoms with Crippen molar-refractivity contribution in [1.82, 2.24) is 14.9 Å². The van der Waals surface area contributed by atoms with E-state index in [9.17, 15) is 53.6 Å². The molecule has 1 N–H and O–H groups in total. The third-order valence-corrected chi connectivity index (χ3v) is 8.15. The number of carbonyl (C=O) groups is 1. The first-order chi connectivity index (χ1) is 19.4. The van der Waals surface area contributed by atoms with E-state index in [1.807, 2.05) is 0 Å². The number of halogens is 8. The van der Waals surface area contributed by atoms with E-state index in [-0.39, 0.29) is 34.8 Å². The standard InChI is InChI=1S/C25H21F8N5O3S/c26-15-5-6-18(16(27)11-15)38(14-24(28,29)30)20(21(39)36-23(13-34)7-8-23)12-42(40,41)10-9-37-19-4-2-1-3-17(19)35-22(37)25(31,32)33/h1-6,11,20H,7-10,12,14H2,(H,36,39)/t20-/m0/s1. The number of aryl methyl sites for hydroxylation is 1. The van der Waals surface area contributed by atoms with Crippen LogP contribution in [-0.2, 0) is 27.4 Å². The summed E-state index contributed by atoms with van der Waals surface area (Å²) < 4.78 is 137. The average molecular weight is 624 g/mol. The monoisotopic (exact) mass is 623 g/mol. The molecular formula is C25H21F8N5O3S. The minimum atomic E-state index is -5.12. The van der Waals surface area contributed by atoms with Crippen LogP contribution in [0.2, 0.25) is 0 Å². The Balaban J connectivity index is 1.71. The third-order valence-electron chi connectivity index (χ3n) is 6.52. The zero-order chi connectivity index (χ0) is 31.1. The van der Waals surface area contributed by atoms with E-state index >= 15 is 0 Å². The number of nitrogens with zero attached hydrogens (tertiary/aromatic N) is 4. The highest BCUT2D eigenvalue weighted by atomic mass is 32.2. The summed E-state index contributed by atoms with van der Waals surface area (Å²) in [5, 5.41) is 11.5. The highest BCUT2D eigenvalue weighted by Crippen LogP contribution is 2.36. The maximum atomic E-state index is 14.7. The number of alkyl halides is 6. The van der Waals surface area contributed by atoms with Gasteiger partial charge in [0.25, 0.3) is 0 Å². The predicted octanol–water partition coefficient (Wildman–Crippen LogP) is 4.36. The zero-order valence-corrected chi connectivity index (χ0v) is 22.1. The summed E-state index contributed by atoms with van der Waals surface area (Å²) in [5.74, 6) is -7.95. The number of fused-ring (bicyclic) bond motifs is 1. The number of para-hydroxylation sites is 2. The number of nitrogens with one attached hydrogen (secondary N) is 1. The third kappa shape index (κ3) is 7.09. The molecule has 1 saturated carbocycles. The normalized spacial score (nSPS) is 15.7. The van der Waals surface area contributed by atoms with Gasteiger partial charge in [0.1, 0.15) is 29.8 Å². The first kappa shape index (κ1) is 31.0. The molecule has 1 aliphatic carbocycles. The van der Waals surface area contributed by atoms with Gasteiger partial charge in [-0.05, 0) is 37.1 Å². The second-order valence-corrected chi connectivity index (χ2v) is 12.0. The van der Waals surface area contributed by atoms with Crippen molar-refractivity contribution < 1.29 is 48.3 Å². The second-order valence-electron chi connectivity index (χ2n) is 9.73. The van der Waals surface area contributed by atoms with Crippen LogP contribution in [0.4, 0.5) is 40.8 Å². The first-order valence-corrected chi connectivity index (χ1v) is 14.0. The summed E-state index contributed by atoms with van der Waals surface area (Å²) in [7, 11) is -4.67. The molecular weight excluding hydrogens is 602 g/mol. The van der Waals surface area contributed by atoms with Crippen molar-refractivity contribution in [2.45, 2.75) is 43.3 Å². The molecule has 0 saturated heterocycles. The van der Waals surface area contributed by atoms with Gasteiger partial charge in [0.15, 0.2) is 9.84 Å². The van der Waals surface area contributed by atoms with Gasteiger partial charge in [0.2, 0.25) is 11.7 Å². The van der Waals surface area contributed by atoms with Crippen molar-refractivity contribution in [3.05, 3.63) is 59.9 Å². The second kappa shape index (κ2) is 11.0. The first-order valence-electron chi connectivity index (χ1n) is 12.2. The van der Waals surface area contributed by atoms with Gasteiger partial charge < -0.3 is 14.8 Å². The Kier molecular flexibility index (Phi) is 8.15. The SMILES string of the molecule is N#CC1(NC(=O)[C@H](CS(=O)(=O)CCn2c(C(F)(F)F)nc3ccccc32)N(CC(F)(F)F)c2ccc(F)cc2F)CC1. The van der Waals surface area contributed by atoms with Gasteiger partial charge in [0.05, 0.1) is 34.3 Å². The number of aromatic nitrogens is 2. The molecule has 1 atom stereocenters. The number of amides is 1. The number of nitriles is 1. The van der Waals surface area contributed by atoms with Crippen LogP contribution in [-0.4, -0.2) is 59.7 Å². The number of rotatable bonds is 10. The average Bonchev–Trinajstić information content (AvgIpc) is 3.54. The van der Waals surface area contributed by atoms with Crippen LogP contribution in [0.15, 0.2) is 42.5 Å². The summed E-state index contributed by atoms with van der Waals surface area (Å²) in [4.78, 5) is 16.8. The van der Waals surface area contributed by atoms with E-state index in [0.717, 1.165) is 0 Å². The zero-order valence-electron chi connectivity index (χ0n) is 21.3. The van der Waals surface area contributed by atoms with Crippen LogP contribution in [0.3, 0.4) is 0 Å². The summed E-state index contributed by atoms with van der Waals surface area (Å²) in [5.41, 5.74) is -2.58. The minimum Gasteiger partial charge on any atom is -0.347 e. The molecule has 17 heteroatoms. The van der Waals surface area contributed by atoms with Crippen LogP contribution in [0.1, 0.15) is 18.7 Å². The smallest absolute Gasteiger partial charge is 0.347 e. The molecule has 1 amide bonds.